The van der Waals surface area contributed by atoms with Crippen LogP contribution in [0.15, 0.2) is 54.6 Å². The summed E-state index contributed by atoms with van der Waals surface area (Å²) in [7, 11) is -0.970. The molecule has 0 heterocycles. The number of benzene rings is 3. The summed E-state index contributed by atoms with van der Waals surface area (Å²) < 4.78 is 5.89. The van der Waals surface area contributed by atoms with Crippen LogP contribution in [-0.2, 0) is 11.0 Å². The largest absolute Gasteiger partial charge is 0.416 e. The SMILES string of the molecule is C[SiH](C)OCc1cccc2cc3ccccc3cc12. The first kappa shape index (κ1) is 12.4. The molecule has 0 spiro atoms. The Morgan fingerprint density at radius 3 is 2.26 bits per heavy atom. The lowest BCUT2D eigenvalue weighted by atomic mass is 10.0. The predicted octanol–water partition coefficient (Wildman–Crippen LogP) is 4.49. The number of hydrogen-bond acceptors (Lipinski definition) is 1. The van der Waals surface area contributed by atoms with Crippen LogP contribution >= 0.6 is 0 Å². The van der Waals surface area contributed by atoms with Gasteiger partial charge in [-0.3, -0.25) is 0 Å². The molecule has 0 unspecified atom stereocenters. The molecule has 0 amide bonds. The Kier molecular flexibility index (Phi) is 3.36. The molecule has 0 N–H and O–H groups in total. The van der Waals surface area contributed by atoms with Crippen molar-refractivity contribution in [1.29, 1.82) is 0 Å². The molecule has 0 saturated carbocycles. The third-order valence-corrected chi connectivity index (χ3v) is 4.24. The van der Waals surface area contributed by atoms with E-state index in [0.29, 0.717) is 0 Å². The van der Waals surface area contributed by atoms with Crippen molar-refractivity contribution >= 4 is 30.6 Å². The molecule has 19 heavy (non-hydrogen) atoms. The second-order valence-corrected chi connectivity index (χ2v) is 7.63. The quantitative estimate of drug-likeness (QED) is 0.501. The van der Waals surface area contributed by atoms with E-state index in [1.807, 2.05) is 0 Å². The van der Waals surface area contributed by atoms with Crippen molar-refractivity contribution in [2.75, 3.05) is 0 Å². The van der Waals surface area contributed by atoms with Crippen LogP contribution in [0.4, 0.5) is 0 Å². The lowest BCUT2D eigenvalue weighted by Crippen LogP contribution is -2.07. The third-order valence-electron chi connectivity index (χ3n) is 3.41. The zero-order chi connectivity index (χ0) is 13.2. The summed E-state index contributed by atoms with van der Waals surface area (Å²) in [5, 5.41) is 5.21. The van der Waals surface area contributed by atoms with Gasteiger partial charge in [-0.15, -0.1) is 0 Å². The standard InChI is InChI=1S/C17H18OSi/c1-19(2)18-12-16-9-5-8-15-10-13-6-3-4-7-14(13)11-17(15)16/h3-11,19H,12H2,1-2H3. The van der Waals surface area contributed by atoms with Gasteiger partial charge in [-0.25, -0.2) is 0 Å². The molecule has 0 saturated heterocycles. The molecule has 1 nitrogen and oxygen atoms in total. The van der Waals surface area contributed by atoms with Crippen molar-refractivity contribution in [2.24, 2.45) is 0 Å². The average Bonchev–Trinajstić information content (AvgIpc) is 2.42. The van der Waals surface area contributed by atoms with Crippen LogP contribution in [0.2, 0.25) is 13.1 Å². The molecule has 0 atom stereocenters. The Bertz CT molecular complexity index is 719. The van der Waals surface area contributed by atoms with E-state index in [0.717, 1.165) is 6.61 Å². The van der Waals surface area contributed by atoms with Gasteiger partial charge in [-0.05, 0) is 52.3 Å². The highest BCUT2D eigenvalue weighted by Gasteiger charge is 2.04. The van der Waals surface area contributed by atoms with Gasteiger partial charge < -0.3 is 4.43 Å². The van der Waals surface area contributed by atoms with Crippen molar-refractivity contribution < 1.29 is 4.43 Å². The highest BCUT2D eigenvalue weighted by molar-refractivity contribution is 6.48. The minimum absolute atomic E-state index is 0.736. The van der Waals surface area contributed by atoms with Crippen molar-refractivity contribution in [3.63, 3.8) is 0 Å². The summed E-state index contributed by atoms with van der Waals surface area (Å²) >= 11 is 0. The second-order valence-electron chi connectivity index (χ2n) is 5.20. The normalized spacial score (nSPS) is 11.5. The van der Waals surface area contributed by atoms with Crippen LogP contribution in [0.3, 0.4) is 0 Å². The minimum Gasteiger partial charge on any atom is -0.416 e. The zero-order valence-electron chi connectivity index (χ0n) is 11.4. The number of fused-ring (bicyclic) bond motifs is 2. The van der Waals surface area contributed by atoms with Crippen LogP contribution in [-0.4, -0.2) is 9.04 Å². The van der Waals surface area contributed by atoms with Crippen molar-refractivity contribution in [1.82, 2.24) is 0 Å². The topological polar surface area (TPSA) is 9.23 Å². The summed E-state index contributed by atoms with van der Waals surface area (Å²) in [5.74, 6) is 0. The van der Waals surface area contributed by atoms with Gasteiger partial charge in [-0.2, -0.15) is 0 Å². The fourth-order valence-electron chi connectivity index (χ4n) is 2.41. The molecule has 3 aromatic carbocycles. The van der Waals surface area contributed by atoms with E-state index >= 15 is 0 Å². The summed E-state index contributed by atoms with van der Waals surface area (Å²) in [5.41, 5.74) is 1.30. The van der Waals surface area contributed by atoms with E-state index in [1.54, 1.807) is 0 Å². The van der Waals surface area contributed by atoms with Gasteiger partial charge in [0.15, 0.2) is 9.04 Å². The Balaban J connectivity index is 2.15. The lowest BCUT2D eigenvalue weighted by Gasteiger charge is -2.11. The molecule has 96 valence electrons. The van der Waals surface area contributed by atoms with E-state index in [-0.39, 0.29) is 0 Å². The van der Waals surface area contributed by atoms with Crippen LogP contribution in [0.1, 0.15) is 5.56 Å². The van der Waals surface area contributed by atoms with Gasteiger partial charge in [0, 0.05) is 0 Å². The predicted molar refractivity (Wildman–Crippen MR) is 85.1 cm³/mol. The first-order chi connectivity index (χ1) is 9.24. The van der Waals surface area contributed by atoms with E-state index in [4.69, 9.17) is 4.43 Å². The number of hydrogen-bond donors (Lipinski definition) is 0. The van der Waals surface area contributed by atoms with Crippen LogP contribution in [0.25, 0.3) is 21.5 Å². The first-order valence-corrected chi connectivity index (χ1v) is 9.54. The monoisotopic (exact) mass is 266 g/mol. The van der Waals surface area contributed by atoms with Crippen molar-refractivity contribution in [3.05, 3.63) is 60.2 Å². The molecule has 0 aromatic heterocycles. The van der Waals surface area contributed by atoms with Gasteiger partial charge in [-0.1, -0.05) is 42.5 Å². The van der Waals surface area contributed by atoms with Gasteiger partial charge in [0.2, 0.25) is 0 Å². The summed E-state index contributed by atoms with van der Waals surface area (Å²) in [4.78, 5) is 0. The van der Waals surface area contributed by atoms with Crippen molar-refractivity contribution in [3.8, 4) is 0 Å². The molecule has 0 aliphatic heterocycles. The number of rotatable bonds is 3. The fourth-order valence-corrected chi connectivity index (χ4v) is 2.93. The highest BCUT2D eigenvalue weighted by Crippen LogP contribution is 2.26. The third kappa shape index (κ3) is 2.55. The molecule has 0 radical (unpaired) electrons. The summed E-state index contributed by atoms with van der Waals surface area (Å²) in [6.07, 6.45) is 0. The molecule has 3 rings (SSSR count). The van der Waals surface area contributed by atoms with Crippen LogP contribution < -0.4 is 0 Å². The molecule has 2 heteroatoms. The minimum atomic E-state index is -0.970. The molecular weight excluding hydrogens is 248 g/mol. The maximum atomic E-state index is 5.89. The molecular formula is C17H18OSi. The molecule has 0 bridgehead atoms. The molecule has 0 aliphatic rings. The Morgan fingerprint density at radius 2 is 1.53 bits per heavy atom. The van der Waals surface area contributed by atoms with E-state index in [9.17, 15) is 0 Å². The first-order valence-electron chi connectivity index (χ1n) is 6.76. The molecule has 3 aromatic rings. The smallest absolute Gasteiger partial charge is 0.171 e. The van der Waals surface area contributed by atoms with Gasteiger partial charge in [0.05, 0.1) is 6.61 Å². The average molecular weight is 266 g/mol. The lowest BCUT2D eigenvalue weighted by molar-refractivity contribution is 0.316. The van der Waals surface area contributed by atoms with Gasteiger partial charge in [0.25, 0.3) is 0 Å². The second kappa shape index (κ2) is 5.15. The maximum absolute atomic E-state index is 5.89. The summed E-state index contributed by atoms with van der Waals surface area (Å²) in [6.45, 7) is 5.15. The molecule has 0 aliphatic carbocycles. The highest BCUT2D eigenvalue weighted by atomic mass is 28.3. The Hall–Kier alpha value is -1.64. The zero-order valence-corrected chi connectivity index (χ0v) is 12.5. The van der Waals surface area contributed by atoms with Crippen molar-refractivity contribution in [2.45, 2.75) is 19.7 Å². The van der Waals surface area contributed by atoms with Gasteiger partial charge in [0.1, 0.15) is 0 Å². The van der Waals surface area contributed by atoms with Crippen LogP contribution in [0, 0.1) is 0 Å². The molecule has 0 fully saturated rings. The van der Waals surface area contributed by atoms with Crippen LogP contribution in [0.5, 0.6) is 0 Å². The van der Waals surface area contributed by atoms with E-state index in [2.05, 4.69) is 67.7 Å². The van der Waals surface area contributed by atoms with E-state index in [1.165, 1.54) is 27.1 Å². The fraction of sp³-hybridized carbons (Fsp3) is 0.176. The maximum Gasteiger partial charge on any atom is 0.171 e. The Labute approximate surface area is 115 Å². The van der Waals surface area contributed by atoms with E-state index < -0.39 is 9.04 Å². The summed E-state index contributed by atoms with van der Waals surface area (Å²) in [6, 6.07) is 19.5. The Morgan fingerprint density at radius 1 is 0.842 bits per heavy atom. The van der Waals surface area contributed by atoms with Gasteiger partial charge >= 0.3 is 0 Å².